The molecule has 0 saturated heterocycles. The lowest BCUT2D eigenvalue weighted by molar-refractivity contribution is -0.0456. The molecule has 0 amide bonds. The van der Waals surface area contributed by atoms with Gasteiger partial charge in [-0.25, -0.2) is 10.1 Å². The monoisotopic (exact) mass is 696 g/mol. The third kappa shape index (κ3) is 7.46. The Labute approximate surface area is 270 Å². The van der Waals surface area contributed by atoms with Crippen molar-refractivity contribution in [3.8, 4) is 17.1 Å². The van der Waals surface area contributed by atoms with Gasteiger partial charge in [0.05, 0.1) is 10.6 Å². The lowest BCUT2D eigenvalue weighted by atomic mass is 10.2. The molecule has 2 aromatic heterocycles. The first-order chi connectivity index (χ1) is 22.6. The quantitative estimate of drug-likeness (QED) is 0.0344. The number of benzene rings is 3. The summed E-state index contributed by atoms with van der Waals surface area (Å²) in [6.07, 6.45) is -2.20. The molecule has 19 nitrogen and oxygen atoms in total. The van der Waals surface area contributed by atoms with Gasteiger partial charge in [-0.2, -0.15) is 36.9 Å². The van der Waals surface area contributed by atoms with Crippen LogP contribution in [-0.2, 0) is 20.2 Å². The van der Waals surface area contributed by atoms with Crippen LogP contribution in [0.4, 0.5) is 29.0 Å². The van der Waals surface area contributed by atoms with E-state index in [9.17, 15) is 40.9 Å². The number of hydrogen-bond acceptors (Lipinski definition) is 15. The molecule has 248 valence electrons. The van der Waals surface area contributed by atoms with Crippen LogP contribution in [0, 0.1) is 6.92 Å². The van der Waals surface area contributed by atoms with Gasteiger partial charge in [0, 0.05) is 18.0 Å². The van der Waals surface area contributed by atoms with E-state index in [1.165, 1.54) is 18.2 Å². The minimum Gasteiger partial charge on any atom is -0.363 e. The Morgan fingerprint density at radius 1 is 0.896 bits per heavy atom. The highest BCUT2D eigenvalue weighted by Gasteiger charge is 2.22. The van der Waals surface area contributed by atoms with E-state index in [1.54, 1.807) is 24.3 Å². The van der Waals surface area contributed by atoms with Crippen LogP contribution in [0.3, 0.4) is 0 Å². The Morgan fingerprint density at radius 3 is 2.25 bits per heavy atom. The number of nitrogens with one attached hydrogen (secondary N) is 3. The van der Waals surface area contributed by atoms with Crippen molar-refractivity contribution in [2.45, 2.75) is 23.0 Å². The first-order valence-corrected chi connectivity index (χ1v) is 16.2. The molecule has 5 aromatic rings. The number of anilines is 3. The van der Waals surface area contributed by atoms with Crippen LogP contribution in [0.2, 0.25) is 0 Å². The molecule has 0 aliphatic carbocycles. The van der Waals surface area contributed by atoms with Gasteiger partial charge in [-0.15, -0.1) is 10.2 Å². The number of aromatic nitrogens is 5. The van der Waals surface area contributed by atoms with Gasteiger partial charge in [0.2, 0.25) is 11.9 Å². The lowest BCUT2D eigenvalue weighted by Crippen LogP contribution is -2.13. The topological polar surface area (TPSA) is 287 Å². The summed E-state index contributed by atoms with van der Waals surface area (Å²) >= 11 is 0. The van der Waals surface area contributed by atoms with Crippen LogP contribution >= 0.6 is 0 Å². The molecular weight excluding hydrogens is 672 g/mol. The van der Waals surface area contributed by atoms with E-state index in [-0.39, 0.29) is 29.0 Å². The summed E-state index contributed by atoms with van der Waals surface area (Å²) in [6, 6.07) is 15.0. The largest absolute Gasteiger partial charge is 0.363 e. The van der Waals surface area contributed by atoms with Gasteiger partial charge in [-0.05, 0) is 49.4 Å². The highest BCUT2D eigenvalue weighted by molar-refractivity contribution is 7.86. The maximum absolute atomic E-state index is 13.2. The number of H-pyrrole nitrogens is 1. The van der Waals surface area contributed by atoms with Gasteiger partial charge in [0.1, 0.15) is 16.3 Å². The van der Waals surface area contributed by atoms with Crippen molar-refractivity contribution in [1.82, 2.24) is 24.7 Å². The highest BCUT2D eigenvalue weighted by Crippen LogP contribution is 2.32. The van der Waals surface area contributed by atoms with Gasteiger partial charge in [0.15, 0.2) is 17.8 Å². The maximum atomic E-state index is 13.2. The number of aromatic amines is 1. The van der Waals surface area contributed by atoms with Crippen molar-refractivity contribution in [3.63, 3.8) is 0 Å². The summed E-state index contributed by atoms with van der Waals surface area (Å²) in [5, 5.41) is 36.2. The highest BCUT2D eigenvalue weighted by atomic mass is 32.2. The van der Waals surface area contributed by atoms with E-state index in [1.807, 2.05) is 6.92 Å². The minimum atomic E-state index is -4.89. The number of azo groups is 1. The van der Waals surface area contributed by atoms with E-state index < -0.39 is 58.9 Å². The van der Waals surface area contributed by atoms with E-state index in [0.29, 0.717) is 5.69 Å². The fourth-order valence-electron chi connectivity index (χ4n) is 4.20. The number of hydrogen-bond donors (Lipinski definition) is 7. The van der Waals surface area contributed by atoms with Crippen LogP contribution < -0.4 is 16.3 Å². The van der Waals surface area contributed by atoms with Gasteiger partial charge in [0.25, 0.3) is 25.8 Å². The molecule has 2 heterocycles. The average Bonchev–Trinajstić information content (AvgIpc) is 3.35. The van der Waals surface area contributed by atoms with Gasteiger partial charge >= 0.3 is 0 Å². The summed E-state index contributed by atoms with van der Waals surface area (Å²) in [4.78, 5) is 24.5. The summed E-state index contributed by atoms with van der Waals surface area (Å²) in [5.74, 6) is -0.397. The molecule has 21 heteroatoms. The second kappa shape index (κ2) is 13.2. The SMILES string of the molecule is C=NNc1nc(Nc2ccc(S(=O)(=O)O)c(N=Nc3c(C(O)O)[nH]n(-c4ccc(C)cc4)c3=O)c2)nc(-c2cccc(S(=O)(=O)O)c2)n1. The third-order valence-electron chi connectivity index (χ3n) is 6.40. The smallest absolute Gasteiger partial charge is 0.299 e. The molecule has 0 aliphatic rings. The number of nitrogens with zero attached hydrogens (tertiary/aromatic N) is 7. The van der Waals surface area contributed by atoms with Gasteiger partial charge < -0.3 is 15.5 Å². The zero-order chi connectivity index (χ0) is 34.8. The molecule has 0 fully saturated rings. The van der Waals surface area contributed by atoms with Crippen LogP contribution in [-0.4, -0.2) is 67.6 Å². The molecule has 0 aliphatic heterocycles. The first-order valence-electron chi connectivity index (χ1n) is 13.3. The predicted molar refractivity (Wildman–Crippen MR) is 170 cm³/mol. The Morgan fingerprint density at radius 2 is 1.60 bits per heavy atom. The Kier molecular flexibility index (Phi) is 9.24. The van der Waals surface area contributed by atoms with Gasteiger partial charge in [-0.3, -0.25) is 19.0 Å². The summed E-state index contributed by atoms with van der Waals surface area (Å²) < 4.78 is 67.9. The standard InChI is InChI=1S/C27H24N10O9S2/c1-14-6-9-17(10-7-14)37-24(38)21(22(36-37)25(39)40)34-33-19-13-16(8-11-20(19)48(44,45)46)29-26-30-23(31-27(32-26)35-28-2)15-4-3-5-18(12-15)47(41,42)43/h3-13,25,36,39-40H,2H2,1H3,(H,41,42,43)(H,44,45,46)(H2,29,30,31,32,35). The van der Waals surface area contributed by atoms with Gasteiger partial charge in [-0.1, -0.05) is 29.8 Å². The molecule has 0 unspecified atom stereocenters. The number of aryl methyl sites for hydroxylation is 1. The molecule has 0 saturated carbocycles. The number of aliphatic hydroxyl groups excluding tert-OH is 1. The van der Waals surface area contributed by atoms with Crippen molar-refractivity contribution in [3.05, 3.63) is 88.3 Å². The van der Waals surface area contributed by atoms with Crippen molar-refractivity contribution >= 4 is 55.9 Å². The van der Waals surface area contributed by atoms with Crippen LogP contribution in [0.5, 0.6) is 0 Å². The van der Waals surface area contributed by atoms with Crippen molar-refractivity contribution in [2.75, 3.05) is 10.7 Å². The van der Waals surface area contributed by atoms with Crippen LogP contribution in [0.1, 0.15) is 17.5 Å². The maximum Gasteiger partial charge on any atom is 0.299 e. The zero-order valence-electron chi connectivity index (χ0n) is 24.4. The van der Waals surface area contributed by atoms with E-state index in [4.69, 9.17) is 0 Å². The lowest BCUT2D eigenvalue weighted by Gasteiger charge is -2.10. The minimum absolute atomic E-state index is 0.0752. The molecular formula is C27H24N10O9S2. The first kappa shape index (κ1) is 33.6. The normalized spacial score (nSPS) is 12.0. The van der Waals surface area contributed by atoms with E-state index in [0.717, 1.165) is 34.5 Å². The molecule has 0 bridgehead atoms. The van der Waals surface area contributed by atoms with Crippen molar-refractivity contribution in [2.24, 2.45) is 15.3 Å². The van der Waals surface area contributed by atoms with Crippen molar-refractivity contribution < 1.29 is 36.2 Å². The molecule has 48 heavy (non-hydrogen) atoms. The third-order valence-corrected chi connectivity index (χ3v) is 8.15. The molecule has 0 radical (unpaired) electrons. The average molecular weight is 697 g/mol. The molecule has 3 aromatic carbocycles. The second-order valence-electron chi connectivity index (χ2n) is 9.79. The number of rotatable bonds is 11. The van der Waals surface area contributed by atoms with Crippen LogP contribution in [0.25, 0.3) is 17.1 Å². The van der Waals surface area contributed by atoms with Crippen molar-refractivity contribution in [1.29, 1.82) is 0 Å². The predicted octanol–water partition coefficient (Wildman–Crippen LogP) is 2.99. The Balaban J connectivity index is 1.56. The summed E-state index contributed by atoms with van der Waals surface area (Å²) in [7, 11) is -9.44. The zero-order valence-corrected chi connectivity index (χ0v) is 26.0. The summed E-state index contributed by atoms with van der Waals surface area (Å²) in [5.41, 5.74) is 1.55. The van der Waals surface area contributed by atoms with Crippen LogP contribution in [0.15, 0.2) is 96.6 Å². The molecule has 0 spiro atoms. The Hall–Kier alpha value is -5.71. The fraction of sp³-hybridized carbons (Fsp3) is 0.0741. The van der Waals surface area contributed by atoms with E-state index in [2.05, 4.69) is 52.8 Å². The number of aliphatic hydroxyl groups is 2. The summed E-state index contributed by atoms with van der Waals surface area (Å²) in [6.45, 7) is 5.13. The fourth-order valence-corrected chi connectivity index (χ4v) is 5.33. The molecule has 5 rings (SSSR count). The molecule has 7 N–H and O–H groups in total. The number of hydrazone groups is 1. The van der Waals surface area contributed by atoms with E-state index >= 15 is 0 Å². The Bertz CT molecular complexity index is 2340. The molecule has 0 atom stereocenters. The second-order valence-corrected chi connectivity index (χ2v) is 12.6.